The Bertz CT molecular complexity index is 804. The van der Waals surface area contributed by atoms with Crippen molar-refractivity contribution < 1.29 is 13.2 Å². The number of halogens is 3. The number of hydrogen-bond acceptors (Lipinski definition) is 5. The van der Waals surface area contributed by atoms with Gasteiger partial charge in [-0.05, 0) is 30.3 Å². The Morgan fingerprint density at radius 3 is 2.25 bits per heavy atom. The summed E-state index contributed by atoms with van der Waals surface area (Å²) in [7, 11) is 0. The number of anilines is 4. The molecule has 0 fully saturated rings. The van der Waals surface area contributed by atoms with E-state index in [1.807, 2.05) is 30.3 Å². The minimum Gasteiger partial charge on any atom is -0.340 e. The molecule has 0 saturated heterocycles. The fraction of sp³-hybridized carbons (Fsp3) is 0.0625. The summed E-state index contributed by atoms with van der Waals surface area (Å²) in [6.07, 6.45) is -1.98. The van der Waals surface area contributed by atoms with Gasteiger partial charge in [0.05, 0.1) is 11.9 Å². The van der Waals surface area contributed by atoms with Gasteiger partial charge in [-0.15, -0.1) is 0 Å². The highest BCUT2D eigenvalue weighted by Crippen LogP contribution is 2.28. The van der Waals surface area contributed by atoms with E-state index in [2.05, 4.69) is 25.6 Å². The lowest BCUT2D eigenvalue weighted by atomic mass is 10.3. The van der Waals surface area contributed by atoms with E-state index in [1.54, 1.807) is 12.1 Å². The molecule has 2 aromatic heterocycles. The van der Waals surface area contributed by atoms with E-state index in [-0.39, 0.29) is 5.95 Å². The van der Waals surface area contributed by atoms with Crippen molar-refractivity contribution in [2.45, 2.75) is 6.18 Å². The summed E-state index contributed by atoms with van der Waals surface area (Å²) >= 11 is 0. The van der Waals surface area contributed by atoms with Crippen LogP contribution in [0.1, 0.15) is 5.69 Å². The molecular weight excluding hydrogens is 319 g/mol. The van der Waals surface area contributed by atoms with Crippen LogP contribution in [-0.4, -0.2) is 15.0 Å². The first kappa shape index (κ1) is 15.7. The number of nitrogens with zero attached hydrogens (tertiary/aromatic N) is 3. The first-order valence-electron chi connectivity index (χ1n) is 6.96. The normalized spacial score (nSPS) is 11.1. The van der Waals surface area contributed by atoms with Crippen molar-refractivity contribution in [1.82, 2.24) is 15.0 Å². The summed E-state index contributed by atoms with van der Waals surface area (Å²) in [6, 6.07) is 13.7. The van der Waals surface area contributed by atoms with Gasteiger partial charge in [-0.3, -0.25) is 0 Å². The molecule has 24 heavy (non-hydrogen) atoms. The topological polar surface area (TPSA) is 62.7 Å². The molecule has 1 aromatic carbocycles. The van der Waals surface area contributed by atoms with Gasteiger partial charge in [-0.2, -0.15) is 13.2 Å². The standard InChI is InChI=1S/C16H12F3N5/c17-16(18,19)13-8-9-20-15(24-13)23-12-6-7-14(21-10-12)22-11-4-2-1-3-5-11/h1-10H,(H,21,22)(H,20,23,24). The van der Waals surface area contributed by atoms with Crippen LogP contribution in [0.5, 0.6) is 0 Å². The van der Waals surface area contributed by atoms with Gasteiger partial charge in [0.1, 0.15) is 11.5 Å². The molecule has 2 heterocycles. The van der Waals surface area contributed by atoms with Crippen LogP contribution in [0.4, 0.5) is 36.3 Å². The average molecular weight is 331 g/mol. The number of benzene rings is 1. The maximum absolute atomic E-state index is 12.6. The van der Waals surface area contributed by atoms with E-state index >= 15 is 0 Å². The Balaban J connectivity index is 1.70. The van der Waals surface area contributed by atoms with Crippen LogP contribution in [0.15, 0.2) is 60.9 Å². The Morgan fingerprint density at radius 2 is 1.58 bits per heavy atom. The third-order valence-corrected chi connectivity index (χ3v) is 3.01. The second kappa shape index (κ2) is 6.53. The number of rotatable bonds is 4. The highest BCUT2D eigenvalue weighted by atomic mass is 19.4. The SMILES string of the molecule is FC(F)(F)c1ccnc(Nc2ccc(Nc3ccccc3)nc2)n1. The number of nitrogens with one attached hydrogen (secondary N) is 2. The van der Waals surface area contributed by atoms with E-state index < -0.39 is 11.9 Å². The predicted octanol–water partition coefficient (Wildman–Crippen LogP) is 4.38. The zero-order valence-corrected chi connectivity index (χ0v) is 12.2. The summed E-state index contributed by atoms with van der Waals surface area (Å²) < 4.78 is 37.9. The molecule has 0 spiro atoms. The molecule has 8 heteroatoms. The van der Waals surface area contributed by atoms with Crippen molar-refractivity contribution in [3.8, 4) is 0 Å². The second-order valence-electron chi connectivity index (χ2n) is 4.81. The molecular formula is C16H12F3N5. The van der Waals surface area contributed by atoms with Gasteiger partial charge in [0.15, 0.2) is 0 Å². The fourth-order valence-electron chi connectivity index (χ4n) is 1.92. The highest BCUT2D eigenvalue weighted by molar-refractivity contribution is 5.59. The Hall–Kier alpha value is -3.16. The molecule has 0 aliphatic heterocycles. The van der Waals surface area contributed by atoms with Crippen LogP contribution in [0, 0.1) is 0 Å². The van der Waals surface area contributed by atoms with Crippen molar-refractivity contribution in [1.29, 1.82) is 0 Å². The first-order chi connectivity index (χ1) is 11.5. The number of alkyl halides is 3. The van der Waals surface area contributed by atoms with E-state index in [0.717, 1.165) is 18.0 Å². The third kappa shape index (κ3) is 3.97. The number of pyridine rings is 1. The number of aromatic nitrogens is 3. The quantitative estimate of drug-likeness (QED) is 0.743. The molecule has 0 atom stereocenters. The van der Waals surface area contributed by atoms with Crippen LogP contribution < -0.4 is 10.6 Å². The van der Waals surface area contributed by atoms with Gasteiger partial charge in [-0.1, -0.05) is 18.2 Å². The summed E-state index contributed by atoms with van der Waals surface area (Å²) in [4.78, 5) is 11.4. The van der Waals surface area contributed by atoms with Crippen molar-refractivity contribution in [3.63, 3.8) is 0 Å². The van der Waals surface area contributed by atoms with E-state index in [4.69, 9.17) is 0 Å². The van der Waals surface area contributed by atoms with E-state index in [9.17, 15) is 13.2 Å². The highest BCUT2D eigenvalue weighted by Gasteiger charge is 2.32. The third-order valence-electron chi connectivity index (χ3n) is 3.01. The summed E-state index contributed by atoms with van der Waals surface area (Å²) in [5.41, 5.74) is 0.357. The molecule has 0 aliphatic carbocycles. The van der Waals surface area contributed by atoms with Crippen molar-refractivity contribution in [3.05, 3.63) is 66.6 Å². The zero-order chi connectivity index (χ0) is 17.0. The van der Waals surface area contributed by atoms with Crippen LogP contribution in [0.2, 0.25) is 0 Å². The molecule has 0 radical (unpaired) electrons. The lowest BCUT2D eigenvalue weighted by Crippen LogP contribution is -2.10. The predicted molar refractivity (Wildman–Crippen MR) is 84.3 cm³/mol. The van der Waals surface area contributed by atoms with E-state index in [0.29, 0.717) is 11.5 Å². The molecule has 0 bridgehead atoms. The molecule has 0 aliphatic rings. The summed E-state index contributed by atoms with van der Waals surface area (Å²) in [5.74, 6) is 0.465. The minimum atomic E-state index is -4.51. The summed E-state index contributed by atoms with van der Waals surface area (Å²) in [5, 5.41) is 5.80. The lowest BCUT2D eigenvalue weighted by molar-refractivity contribution is -0.141. The van der Waals surface area contributed by atoms with Crippen molar-refractivity contribution in [2.75, 3.05) is 10.6 Å². The largest absolute Gasteiger partial charge is 0.433 e. The number of hydrogen-bond donors (Lipinski definition) is 2. The molecule has 2 N–H and O–H groups in total. The van der Waals surface area contributed by atoms with Gasteiger partial charge >= 0.3 is 6.18 Å². The summed E-state index contributed by atoms with van der Waals surface area (Å²) in [6.45, 7) is 0. The van der Waals surface area contributed by atoms with Crippen LogP contribution in [0.25, 0.3) is 0 Å². The maximum Gasteiger partial charge on any atom is 0.433 e. The monoisotopic (exact) mass is 331 g/mol. The van der Waals surface area contributed by atoms with Gasteiger partial charge in [0.25, 0.3) is 0 Å². The van der Waals surface area contributed by atoms with Gasteiger partial charge < -0.3 is 10.6 Å². The van der Waals surface area contributed by atoms with Crippen LogP contribution in [-0.2, 0) is 6.18 Å². The Kier molecular flexibility index (Phi) is 4.28. The molecule has 3 rings (SSSR count). The van der Waals surface area contributed by atoms with Crippen molar-refractivity contribution >= 4 is 23.1 Å². The Labute approximate surface area is 135 Å². The lowest BCUT2D eigenvalue weighted by Gasteiger charge is -2.09. The molecule has 3 aromatic rings. The smallest absolute Gasteiger partial charge is 0.340 e. The van der Waals surface area contributed by atoms with Crippen LogP contribution in [0.3, 0.4) is 0 Å². The Morgan fingerprint density at radius 1 is 0.792 bits per heavy atom. The van der Waals surface area contributed by atoms with Gasteiger partial charge in [0.2, 0.25) is 5.95 Å². The molecule has 5 nitrogen and oxygen atoms in total. The molecule has 0 saturated carbocycles. The average Bonchev–Trinajstić information content (AvgIpc) is 2.57. The molecule has 122 valence electrons. The first-order valence-corrected chi connectivity index (χ1v) is 6.96. The van der Waals surface area contributed by atoms with E-state index in [1.165, 1.54) is 6.20 Å². The minimum absolute atomic E-state index is 0.143. The molecule has 0 unspecified atom stereocenters. The fourth-order valence-corrected chi connectivity index (χ4v) is 1.92. The van der Waals surface area contributed by atoms with Crippen LogP contribution >= 0.6 is 0 Å². The second-order valence-corrected chi connectivity index (χ2v) is 4.81. The van der Waals surface area contributed by atoms with Gasteiger partial charge in [-0.25, -0.2) is 15.0 Å². The van der Waals surface area contributed by atoms with Crippen molar-refractivity contribution in [2.24, 2.45) is 0 Å². The van der Waals surface area contributed by atoms with Gasteiger partial charge in [0, 0.05) is 11.9 Å². The molecule has 0 amide bonds. The number of para-hydroxylation sites is 1. The zero-order valence-electron chi connectivity index (χ0n) is 12.2. The maximum atomic E-state index is 12.6.